The number of nitrogens with one attached hydrogen (secondary N) is 1. The minimum Gasteiger partial charge on any atom is -0.436 e. The molecule has 0 bridgehead atoms. The molecule has 1 aliphatic rings. The summed E-state index contributed by atoms with van der Waals surface area (Å²) in [6.45, 7) is 3.79. The van der Waals surface area contributed by atoms with Crippen LogP contribution in [-0.4, -0.2) is 29.0 Å². The number of aromatic nitrogens is 2. The normalized spacial score (nSPS) is 14.3. The highest BCUT2D eigenvalue weighted by Crippen LogP contribution is 2.31. The van der Waals surface area contributed by atoms with Crippen LogP contribution in [0.5, 0.6) is 11.6 Å². The zero-order valence-corrected chi connectivity index (χ0v) is 17.4. The molecule has 1 aromatic heterocycles. The van der Waals surface area contributed by atoms with Gasteiger partial charge in [-0.05, 0) is 55.2 Å². The molecule has 31 heavy (non-hydrogen) atoms. The number of anilines is 1. The number of aryl methyl sites for hydroxylation is 1. The van der Waals surface area contributed by atoms with Gasteiger partial charge in [0.2, 0.25) is 5.91 Å². The lowest BCUT2D eigenvalue weighted by Gasteiger charge is -2.32. The highest BCUT2D eigenvalue weighted by atomic mass is 19.1. The Morgan fingerprint density at radius 2 is 1.87 bits per heavy atom. The highest BCUT2D eigenvalue weighted by Gasteiger charge is 2.27. The molecule has 160 valence electrons. The lowest BCUT2D eigenvalue weighted by Crippen LogP contribution is -2.40. The number of benzene rings is 2. The number of carbonyl (C=O) groups is 1. The van der Waals surface area contributed by atoms with E-state index >= 15 is 0 Å². The Morgan fingerprint density at radius 3 is 2.61 bits per heavy atom. The molecule has 1 amide bonds. The van der Waals surface area contributed by atoms with Crippen LogP contribution in [0.15, 0.2) is 60.9 Å². The molecule has 0 radical (unpaired) electrons. The summed E-state index contributed by atoms with van der Waals surface area (Å²) >= 11 is 0. The van der Waals surface area contributed by atoms with Crippen LogP contribution in [0.3, 0.4) is 0 Å². The number of halogens is 1. The standard InChI is InChI=1S/C24H25FN4O2/c1-17-3-2-4-21(15-17)31-24-22(26-11-12-27-24)29-13-9-19(10-14-29)23(30)28-16-18-5-7-20(25)8-6-18/h2-8,11-12,15,19H,9-10,13-14,16H2,1H3,(H,28,30). The van der Waals surface area contributed by atoms with Crippen molar-refractivity contribution in [1.82, 2.24) is 15.3 Å². The van der Waals surface area contributed by atoms with E-state index in [1.807, 2.05) is 31.2 Å². The minimum absolute atomic E-state index is 0.0272. The van der Waals surface area contributed by atoms with Crippen molar-refractivity contribution in [3.8, 4) is 11.6 Å². The molecular weight excluding hydrogens is 395 g/mol. The van der Waals surface area contributed by atoms with Gasteiger partial charge < -0.3 is 15.0 Å². The van der Waals surface area contributed by atoms with E-state index in [4.69, 9.17) is 4.74 Å². The number of carbonyl (C=O) groups excluding carboxylic acids is 1. The Hall–Kier alpha value is -3.48. The van der Waals surface area contributed by atoms with Crippen molar-refractivity contribution >= 4 is 11.7 Å². The number of nitrogens with zero attached hydrogens (tertiary/aromatic N) is 3. The molecule has 1 fully saturated rings. The molecule has 2 aromatic carbocycles. The fraction of sp³-hybridized carbons (Fsp3) is 0.292. The van der Waals surface area contributed by atoms with Crippen LogP contribution < -0.4 is 15.0 Å². The van der Waals surface area contributed by atoms with Gasteiger partial charge in [-0.3, -0.25) is 4.79 Å². The molecule has 4 rings (SSSR count). The molecule has 0 aliphatic carbocycles. The van der Waals surface area contributed by atoms with Gasteiger partial charge in [0.05, 0.1) is 0 Å². The Morgan fingerprint density at radius 1 is 1.13 bits per heavy atom. The predicted molar refractivity (Wildman–Crippen MR) is 116 cm³/mol. The van der Waals surface area contributed by atoms with Crippen LogP contribution in [0.25, 0.3) is 0 Å². The Balaban J connectivity index is 1.34. The topological polar surface area (TPSA) is 67.4 Å². The predicted octanol–water partition coefficient (Wildman–Crippen LogP) is 4.25. The maximum absolute atomic E-state index is 13.0. The fourth-order valence-electron chi connectivity index (χ4n) is 3.69. The van der Waals surface area contributed by atoms with Gasteiger partial charge in [0.1, 0.15) is 11.6 Å². The molecule has 1 aliphatic heterocycles. The van der Waals surface area contributed by atoms with Gasteiger partial charge in [0.15, 0.2) is 5.82 Å². The summed E-state index contributed by atoms with van der Waals surface area (Å²) in [5, 5.41) is 2.96. The van der Waals surface area contributed by atoms with Crippen molar-refractivity contribution in [3.63, 3.8) is 0 Å². The van der Waals surface area contributed by atoms with Gasteiger partial charge in [-0.25, -0.2) is 14.4 Å². The third-order valence-corrected chi connectivity index (χ3v) is 5.40. The summed E-state index contributed by atoms with van der Waals surface area (Å²) in [5.41, 5.74) is 1.99. The van der Waals surface area contributed by atoms with E-state index in [0.29, 0.717) is 31.3 Å². The van der Waals surface area contributed by atoms with Crippen LogP contribution in [-0.2, 0) is 11.3 Å². The van der Waals surface area contributed by atoms with Gasteiger partial charge in [-0.1, -0.05) is 24.3 Å². The number of hydrogen-bond acceptors (Lipinski definition) is 5. The molecule has 0 spiro atoms. The van der Waals surface area contributed by atoms with E-state index in [9.17, 15) is 9.18 Å². The van der Waals surface area contributed by atoms with Crippen molar-refractivity contribution in [3.05, 3.63) is 77.9 Å². The zero-order valence-electron chi connectivity index (χ0n) is 17.4. The second-order valence-electron chi connectivity index (χ2n) is 7.71. The summed E-state index contributed by atoms with van der Waals surface area (Å²) in [7, 11) is 0. The molecule has 3 aromatic rings. The van der Waals surface area contributed by atoms with Crippen LogP contribution >= 0.6 is 0 Å². The first-order chi connectivity index (χ1) is 15.1. The SMILES string of the molecule is Cc1cccc(Oc2nccnc2N2CCC(C(=O)NCc3ccc(F)cc3)CC2)c1. The van der Waals surface area contributed by atoms with E-state index in [2.05, 4.69) is 20.2 Å². The van der Waals surface area contributed by atoms with Crippen molar-refractivity contribution in [1.29, 1.82) is 0 Å². The van der Waals surface area contributed by atoms with E-state index in [1.54, 1.807) is 24.5 Å². The molecule has 1 N–H and O–H groups in total. The summed E-state index contributed by atoms with van der Waals surface area (Å²) in [4.78, 5) is 23.5. The van der Waals surface area contributed by atoms with Gasteiger partial charge in [-0.15, -0.1) is 0 Å². The Kier molecular flexibility index (Phi) is 6.40. The molecule has 1 saturated heterocycles. The number of hydrogen-bond donors (Lipinski definition) is 1. The molecule has 7 heteroatoms. The monoisotopic (exact) mass is 420 g/mol. The largest absolute Gasteiger partial charge is 0.436 e. The quantitative estimate of drug-likeness (QED) is 0.646. The first kappa shape index (κ1) is 20.8. The van der Waals surface area contributed by atoms with Crippen molar-refractivity contribution in [2.75, 3.05) is 18.0 Å². The molecule has 0 unspecified atom stereocenters. The summed E-state index contributed by atoms with van der Waals surface area (Å²) in [5.74, 6) is 1.56. The molecule has 0 saturated carbocycles. The average Bonchev–Trinajstić information content (AvgIpc) is 2.79. The van der Waals surface area contributed by atoms with Gasteiger partial charge >= 0.3 is 0 Å². The van der Waals surface area contributed by atoms with E-state index in [1.165, 1.54) is 12.1 Å². The lowest BCUT2D eigenvalue weighted by atomic mass is 9.96. The maximum atomic E-state index is 13.0. The lowest BCUT2D eigenvalue weighted by molar-refractivity contribution is -0.125. The van der Waals surface area contributed by atoms with Crippen molar-refractivity contribution < 1.29 is 13.9 Å². The van der Waals surface area contributed by atoms with E-state index in [-0.39, 0.29) is 17.6 Å². The van der Waals surface area contributed by atoms with E-state index < -0.39 is 0 Å². The first-order valence-corrected chi connectivity index (χ1v) is 10.4. The van der Waals surface area contributed by atoms with Crippen LogP contribution in [0.1, 0.15) is 24.0 Å². The zero-order chi connectivity index (χ0) is 21.6. The average molecular weight is 420 g/mol. The number of amides is 1. The third kappa shape index (κ3) is 5.36. The first-order valence-electron chi connectivity index (χ1n) is 10.4. The van der Waals surface area contributed by atoms with Gasteiger partial charge in [-0.2, -0.15) is 0 Å². The Bertz CT molecular complexity index is 1030. The van der Waals surface area contributed by atoms with E-state index in [0.717, 1.165) is 29.7 Å². The Labute approximate surface area is 181 Å². The molecule has 6 nitrogen and oxygen atoms in total. The minimum atomic E-state index is -0.280. The second-order valence-corrected chi connectivity index (χ2v) is 7.71. The van der Waals surface area contributed by atoms with Crippen molar-refractivity contribution in [2.45, 2.75) is 26.3 Å². The van der Waals surface area contributed by atoms with Crippen LogP contribution in [0.2, 0.25) is 0 Å². The number of piperidine rings is 1. The third-order valence-electron chi connectivity index (χ3n) is 5.40. The number of rotatable bonds is 6. The second kappa shape index (κ2) is 9.55. The summed E-state index contributed by atoms with van der Waals surface area (Å²) in [6, 6.07) is 14.0. The highest BCUT2D eigenvalue weighted by molar-refractivity contribution is 5.79. The molecular formula is C24H25FN4O2. The number of ether oxygens (including phenoxy) is 1. The molecule has 0 atom stereocenters. The smallest absolute Gasteiger partial charge is 0.263 e. The summed E-state index contributed by atoms with van der Waals surface area (Å²) < 4.78 is 19.0. The van der Waals surface area contributed by atoms with Crippen LogP contribution in [0, 0.1) is 18.7 Å². The fourth-order valence-corrected chi connectivity index (χ4v) is 3.69. The maximum Gasteiger partial charge on any atom is 0.263 e. The molecule has 2 heterocycles. The van der Waals surface area contributed by atoms with Gasteiger partial charge in [0, 0.05) is 37.9 Å². The van der Waals surface area contributed by atoms with Gasteiger partial charge in [0.25, 0.3) is 5.88 Å². The van der Waals surface area contributed by atoms with Crippen LogP contribution in [0.4, 0.5) is 10.2 Å². The van der Waals surface area contributed by atoms with Crippen molar-refractivity contribution in [2.24, 2.45) is 5.92 Å². The summed E-state index contributed by atoms with van der Waals surface area (Å²) in [6.07, 6.45) is 4.70.